The van der Waals surface area contributed by atoms with Crippen LogP contribution in [-0.2, 0) is 4.79 Å². The van der Waals surface area contributed by atoms with Crippen LogP contribution >= 0.6 is 0 Å². The minimum Gasteiger partial charge on any atom is -0.398 e. The Hall–Kier alpha value is -1.51. The summed E-state index contributed by atoms with van der Waals surface area (Å²) in [6.45, 7) is 6.17. The van der Waals surface area contributed by atoms with Crippen molar-refractivity contribution in [2.75, 3.05) is 10.6 Å². The van der Waals surface area contributed by atoms with Crippen molar-refractivity contribution in [1.82, 2.24) is 0 Å². The van der Waals surface area contributed by atoms with Crippen molar-refractivity contribution in [3.05, 3.63) is 23.8 Å². The molecule has 3 nitrogen and oxygen atoms in total. The van der Waals surface area contributed by atoms with Gasteiger partial charge in [0, 0.05) is 23.8 Å². The van der Waals surface area contributed by atoms with Gasteiger partial charge in [0.15, 0.2) is 0 Å². The summed E-state index contributed by atoms with van der Waals surface area (Å²) in [5.74, 6) is 0.610. The first-order valence-corrected chi connectivity index (χ1v) is 5.69. The monoisotopic (exact) mass is 218 g/mol. The van der Waals surface area contributed by atoms with E-state index < -0.39 is 0 Å². The van der Waals surface area contributed by atoms with E-state index in [1.165, 1.54) is 0 Å². The number of nitrogens with two attached hydrogens (primary N) is 1. The van der Waals surface area contributed by atoms with Crippen molar-refractivity contribution in [2.24, 2.45) is 5.92 Å². The van der Waals surface area contributed by atoms with Crippen LogP contribution in [0.4, 0.5) is 11.4 Å². The normalized spacial score (nSPS) is 25.2. The summed E-state index contributed by atoms with van der Waals surface area (Å²) in [6, 6.07) is 6.09. The average Bonchev–Trinajstić information content (AvgIpc) is 2.47. The smallest absolute Gasteiger partial charge is 0.227 e. The van der Waals surface area contributed by atoms with Gasteiger partial charge in [0.25, 0.3) is 0 Å². The highest BCUT2D eigenvalue weighted by molar-refractivity contribution is 5.96. The van der Waals surface area contributed by atoms with Crippen LogP contribution < -0.4 is 10.6 Å². The maximum Gasteiger partial charge on any atom is 0.227 e. The summed E-state index contributed by atoms with van der Waals surface area (Å²) in [7, 11) is 0. The Balaban J connectivity index is 2.37. The summed E-state index contributed by atoms with van der Waals surface area (Å²) in [6.07, 6.45) is 0.634. The lowest BCUT2D eigenvalue weighted by atomic mass is 10.0. The molecule has 16 heavy (non-hydrogen) atoms. The number of benzene rings is 1. The van der Waals surface area contributed by atoms with Crippen LogP contribution in [0.1, 0.15) is 25.8 Å². The average molecular weight is 218 g/mol. The van der Waals surface area contributed by atoms with Gasteiger partial charge < -0.3 is 10.6 Å². The Morgan fingerprint density at radius 2 is 2.06 bits per heavy atom. The molecule has 1 aliphatic heterocycles. The van der Waals surface area contributed by atoms with Crippen LogP contribution in [0.25, 0.3) is 0 Å². The quantitative estimate of drug-likeness (QED) is 0.735. The van der Waals surface area contributed by atoms with Crippen LogP contribution in [0.5, 0.6) is 0 Å². The molecule has 0 radical (unpaired) electrons. The van der Waals surface area contributed by atoms with Gasteiger partial charge in [0.2, 0.25) is 5.91 Å². The molecule has 3 heteroatoms. The first kappa shape index (κ1) is 11.0. The maximum atomic E-state index is 11.9. The van der Waals surface area contributed by atoms with E-state index in [-0.39, 0.29) is 11.9 Å². The number of aryl methyl sites for hydroxylation is 1. The van der Waals surface area contributed by atoms with E-state index in [9.17, 15) is 4.79 Å². The molecule has 1 fully saturated rings. The molecule has 0 bridgehead atoms. The molecule has 0 spiro atoms. The van der Waals surface area contributed by atoms with Crippen molar-refractivity contribution in [2.45, 2.75) is 33.2 Å². The lowest BCUT2D eigenvalue weighted by Gasteiger charge is -2.24. The second-order valence-electron chi connectivity index (χ2n) is 4.73. The van der Waals surface area contributed by atoms with E-state index in [0.29, 0.717) is 12.3 Å². The first-order valence-electron chi connectivity index (χ1n) is 5.69. The fraction of sp³-hybridized carbons (Fsp3) is 0.462. The third kappa shape index (κ3) is 1.66. The molecule has 0 aromatic heterocycles. The van der Waals surface area contributed by atoms with Crippen molar-refractivity contribution < 1.29 is 4.79 Å². The third-order valence-corrected chi connectivity index (χ3v) is 3.54. The zero-order chi connectivity index (χ0) is 11.9. The largest absolute Gasteiger partial charge is 0.398 e. The Kier molecular flexibility index (Phi) is 2.62. The highest BCUT2D eigenvalue weighted by Gasteiger charge is 2.34. The molecule has 86 valence electrons. The molecular weight excluding hydrogens is 200 g/mol. The topological polar surface area (TPSA) is 46.3 Å². The highest BCUT2D eigenvalue weighted by Crippen LogP contribution is 2.31. The maximum absolute atomic E-state index is 11.9. The Morgan fingerprint density at radius 3 is 2.56 bits per heavy atom. The molecule has 1 aromatic carbocycles. The van der Waals surface area contributed by atoms with Crippen molar-refractivity contribution in [3.8, 4) is 0 Å². The van der Waals surface area contributed by atoms with Crippen LogP contribution in [-0.4, -0.2) is 11.9 Å². The van der Waals surface area contributed by atoms with E-state index in [2.05, 4.69) is 13.8 Å². The van der Waals surface area contributed by atoms with E-state index in [1.54, 1.807) is 0 Å². The third-order valence-electron chi connectivity index (χ3n) is 3.54. The highest BCUT2D eigenvalue weighted by atomic mass is 16.2. The summed E-state index contributed by atoms with van der Waals surface area (Å²) >= 11 is 0. The molecule has 0 aliphatic carbocycles. The summed E-state index contributed by atoms with van der Waals surface area (Å²) in [5, 5.41) is 0. The molecule has 2 N–H and O–H groups in total. The molecule has 1 aromatic rings. The number of rotatable bonds is 1. The number of carbonyl (C=O) groups is 1. The van der Waals surface area contributed by atoms with E-state index in [0.717, 1.165) is 16.9 Å². The van der Waals surface area contributed by atoms with Crippen LogP contribution in [0.15, 0.2) is 18.2 Å². The van der Waals surface area contributed by atoms with E-state index in [4.69, 9.17) is 5.73 Å². The van der Waals surface area contributed by atoms with Crippen molar-refractivity contribution >= 4 is 17.3 Å². The Bertz CT molecular complexity index is 428. The molecule has 1 aliphatic rings. The number of carbonyl (C=O) groups excluding carboxylic acids is 1. The van der Waals surface area contributed by atoms with Crippen molar-refractivity contribution in [1.29, 1.82) is 0 Å². The number of nitrogens with zero attached hydrogens (tertiary/aromatic N) is 1. The fourth-order valence-corrected chi connectivity index (χ4v) is 2.18. The van der Waals surface area contributed by atoms with Gasteiger partial charge in [0.05, 0.1) is 0 Å². The van der Waals surface area contributed by atoms with Crippen LogP contribution in [0.3, 0.4) is 0 Å². The van der Waals surface area contributed by atoms with Gasteiger partial charge in [-0.1, -0.05) is 13.0 Å². The number of hydrogen-bond donors (Lipinski definition) is 1. The predicted octanol–water partition coefficient (Wildman–Crippen LogP) is 2.34. The van der Waals surface area contributed by atoms with E-state index in [1.807, 2.05) is 30.0 Å². The minimum absolute atomic E-state index is 0.197. The lowest BCUT2D eigenvalue weighted by molar-refractivity contribution is -0.117. The zero-order valence-corrected chi connectivity index (χ0v) is 10.0. The van der Waals surface area contributed by atoms with Gasteiger partial charge in [-0.25, -0.2) is 0 Å². The van der Waals surface area contributed by atoms with Gasteiger partial charge in [-0.05, 0) is 37.5 Å². The molecular formula is C13H18N2O. The van der Waals surface area contributed by atoms with Crippen molar-refractivity contribution in [3.63, 3.8) is 0 Å². The molecule has 1 amide bonds. The van der Waals surface area contributed by atoms with Gasteiger partial charge in [-0.3, -0.25) is 4.79 Å². The number of nitrogen functional groups attached to an aromatic ring is 1. The summed E-state index contributed by atoms with van der Waals surface area (Å²) in [5.41, 5.74) is 8.60. The fourth-order valence-electron chi connectivity index (χ4n) is 2.18. The molecule has 2 atom stereocenters. The van der Waals surface area contributed by atoms with Crippen LogP contribution in [0, 0.1) is 12.8 Å². The SMILES string of the molecule is Cc1ccc(N2C(=O)CC(C)C2C)cc1N. The molecule has 2 unspecified atom stereocenters. The first-order chi connectivity index (χ1) is 7.50. The van der Waals surface area contributed by atoms with E-state index >= 15 is 0 Å². The van der Waals surface area contributed by atoms with Gasteiger partial charge in [0.1, 0.15) is 0 Å². The van der Waals surface area contributed by atoms with Gasteiger partial charge in [-0.2, -0.15) is 0 Å². The Labute approximate surface area is 96.2 Å². The number of amides is 1. The molecule has 1 saturated heterocycles. The summed E-state index contributed by atoms with van der Waals surface area (Å²) in [4.78, 5) is 13.7. The molecule has 1 heterocycles. The second kappa shape index (κ2) is 3.81. The second-order valence-corrected chi connectivity index (χ2v) is 4.73. The minimum atomic E-state index is 0.197. The van der Waals surface area contributed by atoms with Crippen LogP contribution in [0.2, 0.25) is 0 Å². The predicted molar refractivity (Wildman–Crippen MR) is 66.3 cm³/mol. The molecule has 2 rings (SSSR count). The lowest BCUT2D eigenvalue weighted by Crippen LogP contribution is -2.32. The number of hydrogen-bond acceptors (Lipinski definition) is 2. The van der Waals surface area contributed by atoms with Gasteiger partial charge in [-0.15, -0.1) is 0 Å². The standard InChI is InChI=1S/C13H18N2O/c1-8-4-5-11(7-12(8)14)15-10(3)9(2)6-13(15)16/h4-5,7,9-10H,6,14H2,1-3H3. The van der Waals surface area contributed by atoms with Gasteiger partial charge >= 0.3 is 0 Å². The number of anilines is 2. The zero-order valence-electron chi connectivity index (χ0n) is 10.0. The summed E-state index contributed by atoms with van der Waals surface area (Å²) < 4.78 is 0. The molecule has 0 saturated carbocycles. The Morgan fingerprint density at radius 1 is 1.38 bits per heavy atom.